The van der Waals surface area contributed by atoms with Crippen molar-refractivity contribution in [1.82, 2.24) is 10.6 Å². The standard InChI is InChI=1S/C16H23ClN2O2.ClH/c1-16(2,12-4-3-5-13(17)8-12)11-19-15(20)9-14-10-21-7-6-18-14;/h3-5,8,14,18H,6-7,9-11H2,1-2H3,(H,19,20);1H. The van der Waals surface area contributed by atoms with Gasteiger partial charge < -0.3 is 15.4 Å². The van der Waals surface area contributed by atoms with E-state index in [0.29, 0.717) is 19.6 Å². The first kappa shape index (κ1) is 19.2. The van der Waals surface area contributed by atoms with Crippen LogP contribution in [0.15, 0.2) is 24.3 Å². The minimum atomic E-state index is -0.156. The van der Waals surface area contributed by atoms with Crippen molar-refractivity contribution in [2.45, 2.75) is 31.7 Å². The molecule has 1 aliphatic rings. The summed E-state index contributed by atoms with van der Waals surface area (Å²) in [6.07, 6.45) is 0.450. The normalized spacial score (nSPS) is 18.4. The van der Waals surface area contributed by atoms with Crippen molar-refractivity contribution in [3.63, 3.8) is 0 Å². The predicted octanol–water partition coefficient (Wildman–Crippen LogP) is 2.53. The van der Waals surface area contributed by atoms with E-state index in [2.05, 4.69) is 24.5 Å². The zero-order valence-corrected chi connectivity index (χ0v) is 14.6. The Morgan fingerprint density at radius 3 is 2.91 bits per heavy atom. The molecule has 0 aromatic heterocycles. The van der Waals surface area contributed by atoms with E-state index in [1.807, 2.05) is 24.3 Å². The van der Waals surface area contributed by atoms with E-state index in [9.17, 15) is 4.79 Å². The van der Waals surface area contributed by atoms with Gasteiger partial charge in [-0.15, -0.1) is 12.4 Å². The molecule has 4 nitrogen and oxygen atoms in total. The zero-order chi connectivity index (χ0) is 15.3. The van der Waals surface area contributed by atoms with Crippen LogP contribution in [-0.2, 0) is 14.9 Å². The maximum Gasteiger partial charge on any atom is 0.221 e. The Hall–Kier alpha value is -0.810. The summed E-state index contributed by atoms with van der Waals surface area (Å²) in [6.45, 7) is 6.92. The highest BCUT2D eigenvalue weighted by atomic mass is 35.5. The van der Waals surface area contributed by atoms with E-state index in [4.69, 9.17) is 16.3 Å². The molecular weight excluding hydrogens is 323 g/mol. The molecule has 1 unspecified atom stereocenters. The van der Waals surface area contributed by atoms with Gasteiger partial charge in [0.2, 0.25) is 5.91 Å². The molecule has 124 valence electrons. The summed E-state index contributed by atoms with van der Waals surface area (Å²) in [5.41, 5.74) is 0.964. The third-order valence-electron chi connectivity index (χ3n) is 3.76. The van der Waals surface area contributed by atoms with Crippen molar-refractivity contribution in [2.24, 2.45) is 0 Å². The van der Waals surface area contributed by atoms with Crippen LogP contribution < -0.4 is 10.6 Å². The number of hydrogen-bond donors (Lipinski definition) is 2. The van der Waals surface area contributed by atoms with E-state index >= 15 is 0 Å². The smallest absolute Gasteiger partial charge is 0.221 e. The van der Waals surface area contributed by atoms with Gasteiger partial charge in [-0.2, -0.15) is 0 Å². The molecule has 0 spiro atoms. The number of halogens is 2. The highest BCUT2D eigenvalue weighted by Crippen LogP contribution is 2.24. The number of rotatable bonds is 5. The average molecular weight is 347 g/mol. The lowest BCUT2D eigenvalue weighted by atomic mass is 9.84. The van der Waals surface area contributed by atoms with Crippen LogP contribution in [0.1, 0.15) is 25.8 Å². The Morgan fingerprint density at radius 2 is 2.27 bits per heavy atom. The lowest BCUT2D eigenvalue weighted by Crippen LogP contribution is -2.45. The summed E-state index contributed by atoms with van der Waals surface area (Å²) in [5.74, 6) is 0.0492. The molecule has 1 aromatic carbocycles. The maximum absolute atomic E-state index is 12.0. The van der Waals surface area contributed by atoms with Gasteiger partial charge in [0.25, 0.3) is 0 Å². The number of ether oxygens (including phenoxy) is 1. The number of benzene rings is 1. The molecule has 0 aliphatic carbocycles. The summed E-state index contributed by atoms with van der Waals surface area (Å²) < 4.78 is 5.35. The molecule has 1 heterocycles. The highest BCUT2D eigenvalue weighted by molar-refractivity contribution is 6.30. The van der Waals surface area contributed by atoms with E-state index in [-0.39, 0.29) is 29.8 Å². The van der Waals surface area contributed by atoms with Crippen molar-refractivity contribution in [3.05, 3.63) is 34.9 Å². The lowest BCUT2D eigenvalue weighted by molar-refractivity contribution is -0.122. The number of carbonyl (C=O) groups is 1. The monoisotopic (exact) mass is 346 g/mol. The van der Waals surface area contributed by atoms with Crippen LogP contribution in [0, 0.1) is 0 Å². The average Bonchev–Trinajstić information content (AvgIpc) is 2.46. The number of hydrogen-bond acceptors (Lipinski definition) is 3. The Morgan fingerprint density at radius 1 is 1.50 bits per heavy atom. The number of nitrogens with one attached hydrogen (secondary N) is 2. The maximum atomic E-state index is 12.0. The molecule has 2 rings (SSSR count). The van der Waals surface area contributed by atoms with E-state index in [0.717, 1.165) is 23.7 Å². The molecule has 0 bridgehead atoms. The Labute approximate surface area is 143 Å². The zero-order valence-electron chi connectivity index (χ0n) is 13.0. The molecule has 6 heteroatoms. The first-order chi connectivity index (χ1) is 9.97. The molecule has 22 heavy (non-hydrogen) atoms. The summed E-state index contributed by atoms with van der Waals surface area (Å²) in [5, 5.41) is 7.01. The second kappa shape index (κ2) is 8.73. The molecule has 0 saturated carbocycles. The van der Waals surface area contributed by atoms with Crippen molar-refractivity contribution in [2.75, 3.05) is 26.3 Å². The predicted molar refractivity (Wildman–Crippen MR) is 92.0 cm³/mol. The van der Waals surface area contributed by atoms with E-state index < -0.39 is 0 Å². The van der Waals surface area contributed by atoms with Crippen molar-refractivity contribution in [3.8, 4) is 0 Å². The molecule has 2 N–H and O–H groups in total. The Balaban J connectivity index is 0.00000242. The molecular formula is C16H24Cl2N2O2. The van der Waals surface area contributed by atoms with Gasteiger partial charge >= 0.3 is 0 Å². The van der Waals surface area contributed by atoms with Crippen molar-refractivity contribution >= 4 is 29.9 Å². The van der Waals surface area contributed by atoms with Crippen LogP contribution in [0.25, 0.3) is 0 Å². The highest BCUT2D eigenvalue weighted by Gasteiger charge is 2.23. The van der Waals surface area contributed by atoms with E-state index in [1.54, 1.807) is 0 Å². The molecule has 1 saturated heterocycles. The minimum Gasteiger partial charge on any atom is -0.378 e. The molecule has 0 radical (unpaired) electrons. The molecule has 1 fully saturated rings. The fourth-order valence-corrected chi connectivity index (χ4v) is 2.57. The van der Waals surface area contributed by atoms with Gasteiger partial charge in [-0.25, -0.2) is 0 Å². The third-order valence-corrected chi connectivity index (χ3v) is 4.00. The quantitative estimate of drug-likeness (QED) is 0.861. The number of morpholine rings is 1. The molecule has 1 aliphatic heterocycles. The first-order valence-electron chi connectivity index (χ1n) is 7.31. The Bertz CT molecular complexity index is 489. The summed E-state index contributed by atoms with van der Waals surface area (Å²) in [4.78, 5) is 12.0. The summed E-state index contributed by atoms with van der Waals surface area (Å²) >= 11 is 6.03. The lowest BCUT2D eigenvalue weighted by Gasteiger charge is -2.27. The van der Waals surface area contributed by atoms with Crippen LogP contribution in [0.3, 0.4) is 0 Å². The summed E-state index contributed by atoms with van der Waals surface area (Å²) in [6, 6.07) is 7.89. The molecule has 1 atom stereocenters. The number of carbonyl (C=O) groups excluding carboxylic acids is 1. The van der Waals surface area contributed by atoms with Gasteiger partial charge in [0.05, 0.1) is 13.2 Å². The summed E-state index contributed by atoms with van der Waals surface area (Å²) in [7, 11) is 0. The SMILES string of the molecule is CC(C)(CNC(=O)CC1COCCN1)c1cccc(Cl)c1.Cl. The third kappa shape index (κ3) is 5.76. The van der Waals surface area contributed by atoms with Crippen molar-refractivity contribution < 1.29 is 9.53 Å². The first-order valence-corrected chi connectivity index (χ1v) is 7.69. The second-order valence-corrected chi connectivity index (χ2v) is 6.54. The van der Waals surface area contributed by atoms with Crippen LogP contribution in [-0.4, -0.2) is 38.3 Å². The van der Waals surface area contributed by atoms with Gasteiger partial charge in [0.15, 0.2) is 0 Å². The molecule has 1 amide bonds. The topological polar surface area (TPSA) is 50.4 Å². The van der Waals surface area contributed by atoms with E-state index in [1.165, 1.54) is 0 Å². The van der Waals surface area contributed by atoms with Crippen molar-refractivity contribution in [1.29, 1.82) is 0 Å². The number of amides is 1. The molecule has 1 aromatic rings. The van der Waals surface area contributed by atoms with Gasteiger partial charge in [0.1, 0.15) is 0 Å². The van der Waals surface area contributed by atoms with Crippen LogP contribution >= 0.6 is 24.0 Å². The van der Waals surface area contributed by atoms with Crippen LogP contribution in [0.5, 0.6) is 0 Å². The Kier molecular flexibility index (Phi) is 7.63. The van der Waals surface area contributed by atoms with Crippen LogP contribution in [0.2, 0.25) is 5.02 Å². The minimum absolute atomic E-state index is 0. The fourth-order valence-electron chi connectivity index (χ4n) is 2.38. The second-order valence-electron chi connectivity index (χ2n) is 6.10. The largest absolute Gasteiger partial charge is 0.378 e. The van der Waals surface area contributed by atoms with Gasteiger partial charge in [-0.1, -0.05) is 37.6 Å². The fraction of sp³-hybridized carbons (Fsp3) is 0.562. The van der Waals surface area contributed by atoms with Gasteiger partial charge in [-0.05, 0) is 17.7 Å². The van der Waals surface area contributed by atoms with Crippen LogP contribution in [0.4, 0.5) is 0 Å². The van der Waals surface area contributed by atoms with Gasteiger partial charge in [-0.3, -0.25) is 4.79 Å². The van der Waals surface area contributed by atoms with Gasteiger partial charge in [0, 0.05) is 36.0 Å².